The number of nitrogens with one attached hydrogen (secondary N) is 1. The first-order chi connectivity index (χ1) is 8.69. The minimum absolute atomic E-state index is 0.129. The van der Waals surface area contributed by atoms with Gasteiger partial charge in [0.15, 0.2) is 0 Å². The summed E-state index contributed by atoms with van der Waals surface area (Å²) in [5.74, 6) is 0.529. The van der Waals surface area contributed by atoms with Crippen molar-refractivity contribution >= 4 is 6.09 Å². The van der Waals surface area contributed by atoms with E-state index in [9.17, 15) is 4.79 Å². The van der Waals surface area contributed by atoms with Crippen molar-refractivity contribution in [2.75, 3.05) is 0 Å². The molecule has 0 aliphatic rings. The van der Waals surface area contributed by atoms with E-state index in [1.807, 2.05) is 27.7 Å². The van der Waals surface area contributed by atoms with E-state index in [2.05, 4.69) is 28.7 Å². The molecular formula is C14H25N3O2. The molecule has 1 atom stereocenters. The van der Waals surface area contributed by atoms with E-state index in [1.54, 1.807) is 12.5 Å². The molecule has 5 nitrogen and oxygen atoms in total. The van der Waals surface area contributed by atoms with E-state index in [4.69, 9.17) is 4.74 Å². The molecule has 0 aliphatic carbocycles. The SMILES string of the molecule is CC(C)Cn1cncc1C(C)NC(=O)OC(C)(C)C. The summed E-state index contributed by atoms with van der Waals surface area (Å²) in [6, 6.07) is -0.129. The fraction of sp³-hybridized carbons (Fsp3) is 0.714. The van der Waals surface area contributed by atoms with Gasteiger partial charge in [-0.1, -0.05) is 13.8 Å². The summed E-state index contributed by atoms with van der Waals surface area (Å²) in [7, 11) is 0. The maximum absolute atomic E-state index is 11.7. The normalized spacial score (nSPS) is 13.4. The highest BCUT2D eigenvalue weighted by Crippen LogP contribution is 2.15. The number of nitrogens with zero attached hydrogens (tertiary/aromatic N) is 2. The zero-order chi connectivity index (χ0) is 14.6. The van der Waals surface area contributed by atoms with Gasteiger partial charge in [0.05, 0.1) is 24.3 Å². The summed E-state index contributed by atoms with van der Waals surface area (Å²) < 4.78 is 7.31. The molecule has 0 aromatic carbocycles. The number of hydrogen-bond acceptors (Lipinski definition) is 3. The number of ether oxygens (including phenoxy) is 1. The number of carbonyl (C=O) groups excluding carboxylic acids is 1. The topological polar surface area (TPSA) is 56.2 Å². The lowest BCUT2D eigenvalue weighted by molar-refractivity contribution is 0.0506. The van der Waals surface area contributed by atoms with Gasteiger partial charge in [0.1, 0.15) is 5.60 Å². The molecule has 1 aromatic heterocycles. The zero-order valence-electron chi connectivity index (χ0n) is 12.7. The molecule has 1 amide bonds. The van der Waals surface area contributed by atoms with Crippen LogP contribution in [0.3, 0.4) is 0 Å². The number of rotatable bonds is 4. The second-order valence-corrected chi connectivity index (χ2v) is 6.23. The van der Waals surface area contributed by atoms with Crippen LogP contribution in [0.15, 0.2) is 12.5 Å². The van der Waals surface area contributed by atoms with Crippen molar-refractivity contribution in [1.29, 1.82) is 0 Å². The predicted molar refractivity (Wildman–Crippen MR) is 74.8 cm³/mol. The number of aromatic nitrogens is 2. The standard InChI is InChI=1S/C14H25N3O2/c1-10(2)8-17-9-15-7-12(17)11(3)16-13(18)19-14(4,5)6/h7,9-11H,8H2,1-6H3,(H,16,18). The van der Waals surface area contributed by atoms with Crippen LogP contribution in [0.1, 0.15) is 53.3 Å². The van der Waals surface area contributed by atoms with Gasteiger partial charge in [-0.15, -0.1) is 0 Å². The maximum Gasteiger partial charge on any atom is 0.408 e. The van der Waals surface area contributed by atoms with E-state index in [0.29, 0.717) is 5.92 Å². The molecule has 5 heteroatoms. The Balaban J connectivity index is 2.65. The predicted octanol–water partition coefficient (Wildman–Crippen LogP) is 3.12. The zero-order valence-corrected chi connectivity index (χ0v) is 12.7. The Morgan fingerprint density at radius 3 is 2.58 bits per heavy atom. The number of amides is 1. The summed E-state index contributed by atoms with van der Waals surface area (Å²) in [6.07, 6.45) is 3.17. The third-order valence-corrected chi connectivity index (χ3v) is 2.48. The largest absolute Gasteiger partial charge is 0.444 e. The van der Waals surface area contributed by atoms with Crippen LogP contribution in [0.4, 0.5) is 4.79 Å². The summed E-state index contributed by atoms with van der Waals surface area (Å²) in [4.78, 5) is 15.9. The Bertz CT molecular complexity index is 419. The Morgan fingerprint density at radius 2 is 2.05 bits per heavy atom. The molecule has 0 saturated carbocycles. The monoisotopic (exact) mass is 267 g/mol. The van der Waals surface area contributed by atoms with Crippen molar-refractivity contribution in [1.82, 2.24) is 14.9 Å². The second kappa shape index (κ2) is 6.08. The van der Waals surface area contributed by atoms with Crippen LogP contribution in [0.2, 0.25) is 0 Å². The lowest BCUT2D eigenvalue weighted by atomic mass is 10.2. The van der Waals surface area contributed by atoms with Crippen LogP contribution in [-0.4, -0.2) is 21.2 Å². The summed E-state index contributed by atoms with van der Waals surface area (Å²) in [6.45, 7) is 12.7. The minimum atomic E-state index is -0.484. The average molecular weight is 267 g/mol. The second-order valence-electron chi connectivity index (χ2n) is 6.23. The Morgan fingerprint density at radius 1 is 1.42 bits per heavy atom. The molecule has 0 fully saturated rings. The van der Waals surface area contributed by atoms with Crippen LogP contribution >= 0.6 is 0 Å². The lowest BCUT2D eigenvalue weighted by Crippen LogP contribution is -2.34. The first-order valence-corrected chi connectivity index (χ1v) is 6.68. The summed E-state index contributed by atoms with van der Waals surface area (Å²) in [5, 5.41) is 2.83. The molecule has 0 aliphatic heterocycles. The first-order valence-electron chi connectivity index (χ1n) is 6.68. The lowest BCUT2D eigenvalue weighted by Gasteiger charge is -2.22. The Kier molecular flexibility index (Phi) is 4.97. The first kappa shape index (κ1) is 15.5. The van der Waals surface area contributed by atoms with Crippen LogP contribution in [0.5, 0.6) is 0 Å². The fourth-order valence-electron chi connectivity index (χ4n) is 1.80. The van der Waals surface area contributed by atoms with Crippen LogP contribution in [-0.2, 0) is 11.3 Å². The summed E-state index contributed by atoms with van der Waals surface area (Å²) >= 11 is 0. The van der Waals surface area contributed by atoms with Gasteiger partial charge in [0, 0.05) is 6.54 Å². The van der Waals surface area contributed by atoms with Crippen molar-refractivity contribution in [3.05, 3.63) is 18.2 Å². The van der Waals surface area contributed by atoms with Crippen molar-refractivity contribution in [3.63, 3.8) is 0 Å². The molecule has 0 radical (unpaired) electrons. The van der Waals surface area contributed by atoms with E-state index < -0.39 is 11.7 Å². The van der Waals surface area contributed by atoms with Gasteiger partial charge >= 0.3 is 6.09 Å². The molecule has 1 heterocycles. The molecule has 0 spiro atoms. The highest BCUT2D eigenvalue weighted by Gasteiger charge is 2.19. The average Bonchev–Trinajstić information content (AvgIpc) is 2.61. The van der Waals surface area contributed by atoms with Gasteiger partial charge < -0.3 is 14.6 Å². The smallest absolute Gasteiger partial charge is 0.408 e. The van der Waals surface area contributed by atoms with Crippen LogP contribution in [0.25, 0.3) is 0 Å². The fourth-order valence-corrected chi connectivity index (χ4v) is 1.80. The highest BCUT2D eigenvalue weighted by molar-refractivity contribution is 5.68. The molecule has 108 valence electrons. The molecule has 0 saturated heterocycles. The third-order valence-electron chi connectivity index (χ3n) is 2.48. The molecule has 19 heavy (non-hydrogen) atoms. The molecular weight excluding hydrogens is 242 g/mol. The van der Waals surface area contributed by atoms with Gasteiger partial charge in [-0.05, 0) is 33.6 Å². The molecule has 1 rings (SSSR count). The van der Waals surface area contributed by atoms with E-state index >= 15 is 0 Å². The van der Waals surface area contributed by atoms with Crippen molar-refractivity contribution in [2.45, 2.75) is 59.7 Å². The van der Waals surface area contributed by atoms with Gasteiger partial charge in [-0.3, -0.25) is 0 Å². The molecule has 1 aromatic rings. The maximum atomic E-state index is 11.7. The van der Waals surface area contributed by atoms with E-state index in [-0.39, 0.29) is 6.04 Å². The van der Waals surface area contributed by atoms with E-state index in [1.165, 1.54) is 0 Å². The minimum Gasteiger partial charge on any atom is -0.444 e. The number of hydrogen-bond donors (Lipinski definition) is 1. The number of imidazole rings is 1. The van der Waals surface area contributed by atoms with Gasteiger partial charge in [-0.25, -0.2) is 9.78 Å². The van der Waals surface area contributed by atoms with Crippen molar-refractivity contribution in [2.24, 2.45) is 5.92 Å². The molecule has 1 unspecified atom stereocenters. The van der Waals surface area contributed by atoms with Crippen molar-refractivity contribution in [3.8, 4) is 0 Å². The van der Waals surface area contributed by atoms with Gasteiger partial charge in [0.2, 0.25) is 0 Å². The highest BCUT2D eigenvalue weighted by atomic mass is 16.6. The Hall–Kier alpha value is -1.52. The third kappa shape index (κ3) is 5.32. The quantitative estimate of drug-likeness (QED) is 0.911. The van der Waals surface area contributed by atoms with Gasteiger partial charge in [-0.2, -0.15) is 0 Å². The number of alkyl carbamates (subject to hydrolysis) is 1. The van der Waals surface area contributed by atoms with Gasteiger partial charge in [0.25, 0.3) is 0 Å². The van der Waals surface area contributed by atoms with Crippen LogP contribution < -0.4 is 5.32 Å². The number of carbonyl (C=O) groups is 1. The Labute approximate surface area is 115 Å². The van der Waals surface area contributed by atoms with Crippen LogP contribution in [0, 0.1) is 5.92 Å². The summed E-state index contributed by atoms with van der Waals surface area (Å²) in [5.41, 5.74) is 0.502. The van der Waals surface area contributed by atoms with Crippen molar-refractivity contribution < 1.29 is 9.53 Å². The molecule has 1 N–H and O–H groups in total. The van der Waals surface area contributed by atoms with E-state index in [0.717, 1.165) is 12.2 Å². The molecule has 0 bridgehead atoms.